The van der Waals surface area contributed by atoms with Crippen LogP contribution in [0.4, 0.5) is 0 Å². The van der Waals surface area contributed by atoms with Gasteiger partial charge in [-0.2, -0.15) is 0 Å². The molecule has 0 N–H and O–H groups in total. The van der Waals surface area contributed by atoms with Crippen molar-refractivity contribution in [3.05, 3.63) is 12.4 Å². The van der Waals surface area contributed by atoms with E-state index in [1.54, 1.807) is 6.20 Å². The van der Waals surface area contributed by atoms with Crippen molar-refractivity contribution in [2.75, 3.05) is 26.3 Å². The molecule has 0 amide bonds. The molecule has 2 rings (SSSR count). The normalized spacial score (nSPS) is 21.6. The summed E-state index contributed by atoms with van der Waals surface area (Å²) in [6, 6.07) is 0. The Hall–Kier alpha value is -0.940. The monoisotopic (exact) mass is 182 g/mol. The lowest BCUT2D eigenvalue weighted by atomic mass is 10.4. The first-order valence-electron chi connectivity index (χ1n) is 4.55. The van der Waals surface area contributed by atoms with Crippen LogP contribution in [0.15, 0.2) is 12.4 Å². The molecule has 1 aliphatic heterocycles. The van der Waals surface area contributed by atoms with E-state index in [1.165, 1.54) is 0 Å². The van der Waals surface area contributed by atoms with E-state index in [-0.39, 0.29) is 6.17 Å². The summed E-state index contributed by atoms with van der Waals surface area (Å²) in [6.45, 7) is 5.71. The van der Waals surface area contributed by atoms with Crippen LogP contribution in [0, 0.1) is 0 Å². The molecule has 5 nitrogen and oxygen atoms in total. The van der Waals surface area contributed by atoms with Crippen LogP contribution >= 0.6 is 0 Å². The summed E-state index contributed by atoms with van der Waals surface area (Å²) in [6.07, 6.45) is 3.88. The van der Waals surface area contributed by atoms with Crippen LogP contribution in [0.3, 0.4) is 0 Å². The Balaban J connectivity index is 1.99. The van der Waals surface area contributed by atoms with E-state index in [0.717, 1.165) is 26.3 Å². The Morgan fingerprint density at radius 1 is 1.38 bits per heavy atom. The molecule has 1 aliphatic rings. The molecular formula is C8H14N4O. The second kappa shape index (κ2) is 3.85. The van der Waals surface area contributed by atoms with Gasteiger partial charge in [-0.1, -0.05) is 5.21 Å². The Morgan fingerprint density at radius 2 is 2.15 bits per heavy atom. The minimum Gasteiger partial charge on any atom is -0.379 e. The Bertz CT molecular complexity index is 243. The molecule has 0 bridgehead atoms. The van der Waals surface area contributed by atoms with Crippen molar-refractivity contribution in [1.29, 1.82) is 0 Å². The predicted octanol–water partition coefficient (Wildman–Crippen LogP) is 0.129. The molecule has 0 aliphatic carbocycles. The van der Waals surface area contributed by atoms with Crippen molar-refractivity contribution < 1.29 is 4.74 Å². The third kappa shape index (κ3) is 1.87. The average Bonchev–Trinajstić information content (AvgIpc) is 2.71. The first-order valence-corrected chi connectivity index (χ1v) is 4.55. The smallest absolute Gasteiger partial charge is 0.103 e. The highest BCUT2D eigenvalue weighted by molar-refractivity contribution is 4.72. The van der Waals surface area contributed by atoms with Crippen LogP contribution in [0.1, 0.15) is 13.1 Å². The maximum absolute atomic E-state index is 5.28. The molecule has 0 radical (unpaired) electrons. The predicted molar refractivity (Wildman–Crippen MR) is 47.1 cm³/mol. The van der Waals surface area contributed by atoms with Crippen LogP contribution in [0.5, 0.6) is 0 Å². The van der Waals surface area contributed by atoms with Gasteiger partial charge in [0.25, 0.3) is 0 Å². The molecule has 1 saturated heterocycles. The topological polar surface area (TPSA) is 43.2 Å². The Kier molecular flexibility index (Phi) is 2.56. The molecule has 0 saturated carbocycles. The number of aromatic nitrogens is 3. The zero-order chi connectivity index (χ0) is 9.10. The van der Waals surface area contributed by atoms with Crippen molar-refractivity contribution in [3.63, 3.8) is 0 Å². The van der Waals surface area contributed by atoms with Gasteiger partial charge in [0.1, 0.15) is 6.17 Å². The quantitative estimate of drug-likeness (QED) is 0.652. The van der Waals surface area contributed by atoms with Gasteiger partial charge in [-0.05, 0) is 6.92 Å². The van der Waals surface area contributed by atoms with E-state index >= 15 is 0 Å². The average molecular weight is 182 g/mol. The molecule has 1 unspecified atom stereocenters. The van der Waals surface area contributed by atoms with Crippen molar-refractivity contribution in [1.82, 2.24) is 19.9 Å². The number of rotatable bonds is 2. The lowest BCUT2D eigenvalue weighted by molar-refractivity contribution is 0.0000376. The third-order valence-corrected chi connectivity index (χ3v) is 2.40. The summed E-state index contributed by atoms with van der Waals surface area (Å²) in [5.41, 5.74) is 0. The summed E-state index contributed by atoms with van der Waals surface area (Å²) >= 11 is 0. The fraction of sp³-hybridized carbons (Fsp3) is 0.750. The van der Waals surface area contributed by atoms with Gasteiger partial charge >= 0.3 is 0 Å². The summed E-state index contributed by atoms with van der Waals surface area (Å²) in [5.74, 6) is 0. The molecule has 1 fully saturated rings. The SMILES string of the molecule is CC(N1CCOCC1)n1ccnn1. The highest BCUT2D eigenvalue weighted by Gasteiger charge is 2.18. The molecule has 2 heterocycles. The van der Waals surface area contributed by atoms with E-state index in [0.29, 0.717) is 0 Å². The minimum atomic E-state index is 0.284. The molecular weight excluding hydrogens is 168 g/mol. The second-order valence-corrected chi connectivity index (χ2v) is 3.16. The van der Waals surface area contributed by atoms with Gasteiger partial charge in [0, 0.05) is 19.3 Å². The van der Waals surface area contributed by atoms with Gasteiger partial charge in [-0.3, -0.25) is 4.90 Å². The van der Waals surface area contributed by atoms with Gasteiger partial charge in [0.2, 0.25) is 0 Å². The van der Waals surface area contributed by atoms with Crippen LogP contribution in [-0.4, -0.2) is 46.2 Å². The van der Waals surface area contributed by atoms with Gasteiger partial charge in [-0.15, -0.1) is 5.10 Å². The van der Waals surface area contributed by atoms with Crippen LogP contribution in [-0.2, 0) is 4.74 Å². The third-order valence-electron chi connectivity index (χ3n) is 2.40. The first kappa shape index (κ1) is 8.65. The number of ether oxygens (including phenoxy) is 1. The number of nitrogens with zero attached hydrogens (tertiary/aromatic N) is 4. The zero-order valence-corrected chi connectivity index (χ0v) is 7.76. The number of morpholine rings is 1. The summed E-state index contributed by atoms with van der Waals surface area (Å²) in [4.78, 5) is 2.33. The molecule has 0 spiro atoms. The highest BCUT2D eigenvalue weighted by atomic mass is 16.5. The molecule has 1 aromatic rings. The second-order valence-electron chi connectivity index (χ2n) is 3.16. The van der Waals surface area contributed by atoms with Crippen LogP contribution < -0.4 is 0 Å². The van der Waals surface area contributed by atoms with Gasteiger partial charge < -0.3 is 4.74 Å². The number of hydrogen-bond donors (Lipinski definition) is 0. The van der Waals surface area contributed by atoms with E-state index < -0.39 is 0 Å². The van der Waals surface area contributed by atoms with Gasteiger partial charge in [0.05, 0.1) is 19.4 Å². The Morgan fingerprint density at radius 3 is 2.77 bits per heavy atom. The van der Waals surface area contributed by atoms with Crippen molar-refractivity contribution in [2.45, 2.75) is 13.1 Å². The molecule has 72 valence electrons. The van der Waals surface area contributed by atoms with Crippen LogP contribution in [0.2, 0.25) is 0 Å². The summed E-state index contributed by atoms with van der Waals surface area (Å²) in [7, 11) is 0. The van der Waals surface area contributed by atoms with Gasteiger partial charge in [0.15, 0.2) is 0 Å². The largest absolute Gasteiger partial charge is 0.379 e. The lowest BCUT2D eigenvalue weighted by Gasteiger charge is -2.31. The molecule has 1 aromatic heterocycles. The summed E-state index contributed by atoms with van der Waals surface area (Å²) < 4.78 is 7.15. The molecule has 13 heavy (non-hydrogen) atoms. The first-order chi connectivity index (χ1) is 6.38. The Labute approximate surface area is 77.3 Å². The zero-order valence-electron chi connectivity index (χ0n) is 7.76. The van der Waals surface area contributed by atoms with E-state index in [4.69, 9.17) is 4.74 Å². The van der Waals surface area contributed by atoms with Crippen molar-refractivity contribution in [2.24, 2.45) is 0 Å². The fourth-order valence-corrected chi connectivity index (χ4v) is 1.54. The minimum absolute atomic E-state index is 0.284. The van der Waals surface area contributed by atoms with E-state index in [2.05, 4.69) is 22.1 Å². The van der Waals surface area contributed by atoms with E-state index in [9.17, 15) is 0 Å². The number of hydrogen-bond acceptors (Lipinski definition) is 4. The van der Waals surface area contributed by atoms with E-state index in [1.807, 2.05) is 10.9 Å². The van der Waals surface area contributed by atoms with Gasteiger partial charge in [-0.25, -0.2) is 4.68 Å². The maximum atomic E-state index is 5.28. The van der Waals surface area contributed by atoms with Crippen LogP contribution in [0.25, 0.3) is 0 Å². The molecule has 5 heteroatoms. The lowest BCUT2D eigenvalue weighted by Crippen LogP contribution is -2.40. The molecule has 0 aromatic carbocycles. The highest BCUT2D eigenvalue weighted by Crippen LogP contribution is 2.11. The fourth-order valence-electron chi connectivity index (χ4n) is 1.54. The summed E-state index contributed by atoms with van der Waals surface area (Å²) in [5, 5.41) is 7.77. The van der Waals surface area contributed by atoms with Crippen molar-refractivity contribution in [3.8, 4) is 0 Å². The van der Waals surface area contributed by atoms with Crippen molar-refractivity contribution >= 4 is 0 Å². The molecule has 1 atom stereocenters. The standard InChI is InChI=1S/C8H14N4O/c1-8(12-3-2-9-10-12)11-4-6-13-7-5-11/h2-3,8H,4-7H2,1H3. The maximum Gasteiger partial charge on any atom is 0.103 e.